The Kier molecular flexibility index (Phi) is 3.68. The van der Waals surface area contributed by atoms with Gasteiger partial charge in [0.2, 0.25) is 5.82 Å². The normalized spacial score (nSPS) is 12.8. The van der Waals surface area contributed by atoms with Gasteiger partial charge in [-0.15, -0.1) is 0 Å². The van der Waals surface area contributed by atoms with Gasteiger partial charge in [-0.25, -0.2) is 14.9 Å². The van der Waals surface area contributed by atoms with Crippen LogP contribution in [-0.4, -0.2) is 25.9 Å². The monoisotopic (exact) mass is 289 g/mol. The second-order valence-electron chi connectivity index (χ2n) is 3.51. The number of aromatic amines is 1. The first-order chi connectivity index (χ1) is 8.47. The Labute approximate surface area is 107 Å². The number of aromatic nitrogens is 2. The van der Waals surface area contributed by atoms with Gasteiger partial charge in [0.15, 0.2) is 0 Å². The third-order valence-electron chi connectivity index (χ3n) is 2.26. The summed E-state index contributed by atoms with van der Waals surface area (Å²) in [6.45, 7) is 0.0786. The Bertz CT molecular complexity index is 642. The molecule has 0 spiro atoms. The van der Waals surface area contributed by atoms with Crippen LogP contribution in [-0.2, 0) is 11.1 Å². The van der Waals surface area contributed by atoms with Crippen LogP contribution in [0.3, 0.4) is 0 Å². The third kappa shape index (κ3) is 2.70. The summed E-state index contributed by atoms with van der Waals surface area (Å²) in [6, 6.07) is 3.11. The molecule has 2 aromatic rings. The quantitative estimate of drug-likeness (QED) is 0.632. The Morgan fingerprint density at radius 3 is 2.89 bits per heavy atom. The lowest BCUT2D eigenvalue weighted by atomic mass is 10.2. The average Bonchev–Trinajstić information content (AvgIpc) is 2.69. The van der Waals surface area contributed by atoms with Gasteiger partial charge in [-0.3, -0.25) is 4.57 Å². The summed E-state index contributed by atoms with van der Waals surface area (Å²) in [7, 11) is -2.82. The summed E-state index contributed by atoms with van der Waals surface area (Å²) in [5.74, 6) is -1.39. The first-order valence-corrected chi connectivity index (χ1v) is 6.59. The van der Waals surface area contributed by atoms with Crippen molar-refractivity contribution in [1.82, 2.24) is 15.1 Å². The number of H-pyrrole nitrogens is 1. The highest BCUT2D eigenvalue weighted by Gasteiger charge is 2.13. The minimum absolute atomic E-state index is 0.0786. The number of nitrogens with zero attached hydrogens (tertiary/aromatic N) is 1. The fourth-order valence-corrected chi connectivity index (χ4v) is 2.14. The topological polar surface area (TPSA) is 115 Å². The van der Waals surface area contributed by atoms with Crippen LogP contribution in [0.4, 0.5) is 0 Å². The number of imidazole rings is 1. The molecule has 0 amide bonds. The van der Waals surface area contributed by atoms with Crippen LogP contribution < -0.4 is 5.09 Å². The molecule has 2 rings (SSSR count). The van der Waals surface area contributed by atoms with Gasteiger partial charge < -0.3 is 15.0 Å². The summed E-state index contributed by atoms with van der Waals surface area (Å²) in [5.41, 5.74) is 1.43. The predicted octanol–water partition coefficient (Wildman–Crippen LogP) is 1.39. The van der Waals surface area contributed by atoms with Crippen LogP contribution in [0.5, 0.6) is 0 Å². The number of carboxylic acid groups (broad SMARTS) is 1. The number of carbonyl (C=O) groups is 1. The molecule has 0 radical (unpaired) electrons. The summed E-state index contributed by atoms with van der Waals surface area (Å²) < 4.78 is 10.6. The summed E-state index contributed by atoms with van der Waals surface area (Å²) >= 11 is 5.87. The number of nitrogens with one attached hydrogen (secondary N) is 2. The number of hydrogen-bond acceptors (Lipinski definition) is 3. The van der Waals surface area contributed by atoms with Gasteiger partial charge in [0.05, 0.1) is 11.0 Å². The molecule has 96 valence electrons. The lowest BCUT2D eigenvalue weighted by Crippen LogP contribution is -2.03. The standard InChI is InChI=1S/C9H9ClN3O4P/c10-5-1-4(3-11-18(16)17)7-6(2-5)12-8(13-7)9(14)15/h1-2,18H,3H2,(H,12,13)(H,14,15)(H2,11,16,17). The van der Waals surface area contributed by atoms with Gasteiger partial charge in [-0.1, -0.05) is 11.6 Å². The number of halogens is 1. The lowest BCUT2D eigenvalue weighted by Gasteiger charge is -2.03. The highest BCUT2D eigenvalue weighted by Crippen LogP contribution is 2.23. The molecule has 0 saturated carbocycles. The highest BCUT2D eigenvalue weighted by atomic mass is 35.5. The summed E-state index contributed by atoms with van der Waals surface area (Å²) in [4.78, 5) is 26.0. The van der Waals surface area contributed by atoms with E-state index in [1.807, 2.05) is 0 Å². The fraction of sp³-hybridized carbons (Fsp3) is 0.111. The first-order valence-electron chi connectivity index (χ1n) is 4.85. The van der Waals surface area contributed by atoms with Gasteiger partial charge in [0, 0.05) is 11.6 Å². The van der Waals surface area contributed by atoms with Crippen molar-refractivity contribution in [2.45, 2.75) is 6.54 Å². The van der Waals surface area contributed by atoms with Crippen LogP contribution in [0.15, 0.2) is 12.1 Å². The van der Waals surface area contributed by atoms with E-state index in [9.17, 15) is 9.36 Å². The molecule has 18 heavy (non-hydrogen) atoms. The van der Waals surface area contributed by atoms with E-state index in [1.54, 1.807) is 12.1 Å². The van der Waals surface area contributed by atoms with Crippen molar-refractivity contribution in [1.29, 1.82) is 0 Å². The zero-order chi connectivity index (χ0) is 13.3. The molecule has 1 atom stereocenters. The smallest absolute Gasteiger partial charge is 0.371 e. The average molecular weight is 290 g/mol. The van der Waals surface area contributed by atoms with Crippen molar-refractivity contribution in [2.75, 3.05) is 0 Å². The zero-order valence-electron chi connectivity index (χ0n) is 8.90. The highest BCUT2D eigenvalue weighted by molar-refractivity contribution is 7.35. The fourth-order valence-electron chi connectivity index (χ4n) is 1.56. The molecule has 1 heterocycles. The predicted molar refractivity (Wildman–Crippen MR) is 66.1 cm³/mol. The van der Waals surface area contributed by atoms with Gasteiger partial charge in [-0.2, -0.15) is 0 Å². The number of aromatic carboxylic acids is 1. The van der Waals surface area contributed by atoms with Crippen LogP contribution >= 0.6 is 19.8 Å². The van der Waals surface area contributed by atoms with Crippen molar-refractivity contribution in [3.8, 4) is 0 Å². The van der Waals surface area contributed by atoms with Crippen molar-refractivity contribution >= 4 is 36.8 Å². The van der Waals surface area contributed by atoms with Crippen molar-refractivity contribution in [3.05, 3.63) is 28.5 Å². The minimum Gasteiger partial charge on any atom is -0.475 e. The minimum atomic E-state index is -2.82. The SMILES string of the molecule is O=C(O)c1nc2c(CN[PH](=O)O)cc(Cl)cc2[nH]1. The Balaban J connectivity index is 2.50. The van der Waals surface area contributed by atoms with E-state index < -0.39 is 14.1 Å². The molecular formula is C9H9ClN3O4P. The number of hydrogen-bond donors (Lipinski definition) is 4. The maximum Gasteiger partial charge on any atom is 0.371 e. The molecule has 0 aliphatic rings. The molecular weight excluding hydrogens is 281 g/mol. The number of benzene rings is 1. The second kappa shape index (κ2) is 5.07. The van der Waals surface area contributed by atoms with Gasteiger partial charge in [0.25, 0.3) is 8.18 Å². The number of rotatable bonds is 4. The molecule has 0 saturated heterocycles. The van der Waals surface area contributed by atoms with Gasteiger partial charge in [-0.05, 0) is 17.7 Å². The Hall–Kier alpha value is -1.40. The van der Waals surface area contributed by atoms with E-state index >= 15 is 0 Å². The van der Waals surface area contributed by atoms with E-state index in [0.717, 1.165) is 0 Å². The summed E-state index contributed by atoms with van der Waals surface area (Å²) in [6.07, 6.45) is 0. The van der Waals surface area contributed by atoms with Gasteiger partial charge >= 0.3 is 5.97 Å². The van der Waals surface area contributed by atoms with E-state index in [-0.39, 0.29) is 12.4 Å². The largest absolute Gasteiger partial charge is 0.475 e. The molecule has 0 bridgehead atoms. The number of fused-ring (bicyclic) bond motifs is 1. The van der Waals surface area contributed by atoms with Crippen molar-refractivity contribution in [2.24, 2.45) is 0 Å². The van der Waals surface area contributed by atoms with Gasteiger partial charge in [0.1, 0.15) is 0 Å². The van der Waals surface area contributed by atoms with E-state index in [2.05, 4.69) is 15.1 Å². The van der Waals surface area contributed by atoms with Crippen LogP contribution in [0.25, 0.3) is 11.0 Å². The third-order valence-corrected chi connectivity index (χ3v) is 2.96. The Morgan fingerprint density at radius 2 is 2.28 bits per heavy atom. The molecule has 7 nitrogen and oxygen atoms in total. The molecule has 0 aliphatic heterocycles. The molecule has 0 fully saturated rings. The van der Waals surface area contributed by atoms with Crippen LogP contribution in [0.2, 0.25) is 5.02 Å². The Morgan fingerprint density at radius 1 is 1.56 bits per heavy atom. The maximum atomic E-state index is 10.8. The second-order valence-corrected chi connectivity index (χ2v) is 4.91. The lowest BCUT2D eigenvalue weighted by molar-refractivity contribution is 0.0685. The molecule has 1 unspecified atom stereocenters. The van der Waals surface area contributed by atoms with E-state index in [1.165, 1.54) is 0 Å². The van der Waals surface area contributed by atoms with Crippen molar-refractivity contribution < 1.29 is 19.4 Å². The van der Waals surface area contributed by atoms with E-state index in [0.29, 0.717) is 21.6 Å². The molecule has 1 aromatic heterocycles. The van der Waals surface area contributed by atoms with E-state index in [4.69, 9.17) is 21.6 Å². The van der Waals surface area contributed by atoms with Crippen LogP contribution in [0.1, 0.15) is 16.2 Å². The van der Waals surface area contributed by atoms with Crippen molar-refractivity contribution in [3.63, 3.8) is 0 Å². The molecule has 1 aromatic carbocycles. The van der Waals surface area contributed by atoms with Crippen LogP contribution in [0, 0.1) is 0 Å². The maximum absolute atomic E-state index is 10.8. The number of carboxylic acids is 1. The molecule has 9 heteroatoms. The zero-order valence-corrected chi connectivity index (χ0v) is 10.7. The first kappa shape index (κ1) is 13.0. The molecule has 0 aliphatic carbocycles. The molecule has 4 N–H and O–H groups in total. The summed E-state index contributed by atoms with van der Waals surface area (Å²) in [5, 5.41) is 11.6.